The van der Waals surface area contributed by atoms with Crippen LogP contribution in [0.15, 0.2) is 24.3 Å². The highest BCUT2D eigenvalue weighted by atomic mass is 16.5. The van der Waals surface area contributed by atoms with E-state index in [4.69, 9.17) is 0 Å². The Balaban J connectivity index is 3.02. The topological polar surface area (TPSA) is 169 Å². The van der Waals surface area contributed by atoms with Gasteiger partial charge in [-0.05, 0) is 31.9 Å². The van der Waals surface area contributed by atoms with Gasteiger partial charge in [0.1, 0.15) is 12.1 Å². The maximum atomic E-state index is 13.1. The Bertz CT molecular complexity index is 965. The number of amides is 3. The molecule has 3 atom stereocenters. The fourth-order valence-electron chi connectivity index (χ4n) is 3.21. The SMILES string of the molecule is CC[C@H](NC(=O)[C@H](CCC(=O)OC)NC(=O)c1ccccc1NC)C(=O)N[C@@H](CC(=O)OC)C(C)=O. The van der Waals surface area contributed by atoms with E-state index >= 15 is 0 Å². The van der Waals surface area contributed by atoms with Gasteiger partial charge in [0.05, 0.1) is 32.2 Å². The summed E-state index contributed by atoms with van der Waals surface area (Å²) >= 11 is 0. The second kappa shape index (κ2) is 15.1. The molecule has 36 heavy (non-hydrogen) atoms. The van der Waals surface area contributed by atoms with Crippen molar-refractivity contribution < 1.29 is 38.2 Å². The molecule has 0 radical (unpaired) electrons. The summed E-state index contributed by atoms with van der Waals surface area (Å²) in [5.41, 5.74) is 0.821. The quantitative estimate of drug-likeness (QED) is 0.259. The van der Waals surface area contributed by atoms with Crippen LogP contribution in [0.2, 0.25) is 0 Å². The van der Waals surface area contributed by atoms with Gasteiger partial charge in [-0.15, -0.1) is 0 Å². The zero-order chi connectivity index (χ0) is 27.3. The number of esters is 2. The number of ether oxygens (including phenoxy) is 2. The zero-order valence-corrected chi connectivity index (χ0v) is 21.1. The third kappa shape index (κ3) is 9.35. The maximum absolute atomic E-state index is 13.1. The number of nitrogens with one attached hydrogen (secondary N) is 4. The van der Waals surface area contributed by atoms with Gasteiger partial charge in [0, 0.05) is 19.2 Å². The molecule has 198 valence electrons. The number of benzene rings is 1. The Labute approximate surface area is 209 Å². The van der Waals surface area contributed by atoms with Crippen LogP contribution in [0.5, 0.6) is 0 Å². The monoisotopic (exact) mass is 506 g/mol. The number of rotatable bonds is 14. The highest BCUT2D eigenvalue weighted by Crippen LogP contribution is 2.15. The number of carbonyl (C=O) groups excluding carboxylic acids is 6. The molecule has 0 saturated carbocycles. The van der Waals surface area contributed by atoms with Gasteiger partial charge in [-0.3, -0.25) is 28.8 Å². The van der Waals surface area contributed by atoms with Crippen molar-refractivity contribution in [3.05, 3.63) is 29.8 Å². The van der Waals surface area contributed by atoms with E-state index in [1.54, 1.807) is 38.2 Å². The Kier molecular flexibility index (Phi) is 12.6. The van der Waals surface area contributed by atoms with Crippen molar-refractivity contribution in [2.75, 3.05) is 26.6 Å². The van der Waals surface area contributed by atoms with E-state index < -0.39 is 53.6 Å². The van der Waals surface area contributed by atoms with Gasteiger partial charge in [-0.2, -0.15) is 0 Å². The Morgan fingerprint density at radius 2 is 1.42 bits per heavy atom. The molecule has 0 unspecified atom stereocenters. The third-order valence-corrected chi connectivity index (χ3v) is 5.37. The van der Waals surface area contributed by atoms with Gasteiger partial charge >= 0.3 is 11.9 Å². The number of methoxy groups -OCH3 is 2. The number of Topliss-reactive ketones (excluding diaryl/α,β-unsaturated/α-hetero) is 1. The molecule has 1 rings (SSSR count). The predicted octanol–water partition coefficient (Wildman–Crippen LogP) is 0.312. The van der Waals surface area contributed by atoms with Crippen LogP contribution in [0, 0.1) is 0 Å². The van der Waals surface area contributed by atoms with Crippen molar-refractivity contribution in [1.82, 2.24) is 16.0 Å². The van der Waals surface area contributed by atoms with Gasteiger partial charge in [-0.1, -0.05) is 19.1 Å². The highest BCUT2D eigenvalue weighted by molar-refractivity contribution is 6.02. The molecule has 0 bridgehead atoms. The van der Waals surface area contributed by atoms with Crippen LogP contribution in [-0.2, 0) is 33.4 Å². The molecule has 3 amide bonds. The summed E-state index contributed by atoms with van der Waals surface area (Å²) in [6.45, 7) is 2.85. The van der Waals surface area contributed by atoms with Gasteiger partial charge in [0.15, 0.2) is 5.78 Å². The molecule has 12 nitrogen and oxygen atoms in total. The molecule has 1 aromatic rings. The summed E-state index contributed by atoms with van der Waals surface area (Å²) < 4.78 is 9.17. The predicted molar refractivity (Wildman–Crippen MR) is 130 cm³/mol. The van der Waals surface area contributed by atoms with E-state index in [2.05, 4.69) is 30.7 Å². The molecule has 4 N–H and O–H groups in total. The van der Waals surface area contributed by atoms with Crippen LogP contribution in [0.4, 0.5) is 5.69 Å². The number of ketones is 1. The molecule has 0 aliphatic rings. The van der Waals surface area contributed by atoms with Crippen molar-refractivity contribution in [1.29, 1.82) is 0 Å². The first kappa shape index (κ1) is 30.1. The van der Waals surface area contributed by atoms with Crippen molar-refractivity contribution in [2.45, 2.75) is 57.7 Å². The van der Waals surface area contributed by atoms with Crippen LogP contribution in [-0.4, -0.2) is 74.8 Å². The summed E-state index contributed by atoms with van der Waals surface area (Å²) in [6, 6.07) is 3.31. The first-order valence-corrected chi connectivity index (χ1v) is 11.4. The fraction of sp³-hybridized carbons (Fsp3) is 0.500. The van der Waals surface area contributed by atoms with E-state index in [1.165, 1.54) is 14.0 Å². The Morgan fingerprint density at radius 1 is 0.833 bits per heavy atom. The summed E-state index contributed by atoms with van der Waals surface area (Å²) in [7, 11) is 4.01. The smallest absolute Gasteiger partial charge is 0.308 e. The molecule has 0 saturated heterocycles. The molecule has 0 aliphatic carbocycles. The lowest BCUT2D eigenvalue weighted by Crippen LogP contribution is -2.55. The minimum absolute atomic E-state index is 0.0809. The fourth-order valence-corrected chi connectivity index (χ4v) is 3.21. The Morgan fingerprint density at radius 3 is 1.97 bits per heavy atom. The first-order valence-electron chi connectivity index (χ1n) is 11.4. The largest absolute Gasteiger partial charge is 0.469 e. The van der Waals surface area contributed by atoms with Gasteiger partial charge in [-0.25, -0.2) is 0 Å². The lowest BCUT2D eigenvalue weighted by atomic mass is 10.1. The van der Waals surface area contributed by atoms with Gasteiger partial charge in [0.2, 0.25) is 11.8 Å². The summed E-state index contributed by atoms with van der Waals surface area (Å²) in [5.74, 6) is -3.66. The van der Waals surface area contributed by atoms with Gasteiger partial charge < -0.3 is 30.7 Å². The van der Waals surface area contributed by atoms with E-state index in [1.807, 2.05) is 0 Å². The second-order valence-electron chi connectivity index (χ2n) is 7.86. The van der Waals surface area contributed by atoms with Crippen LogP contribution in [0.3, 0.4) is 0 Å². The molecule has 12 heteroatoms. The van der Waals surface area contributed by atoms with E-state index in [-0.39, 0.29) is 31.2 Å². The molecule has 0 aromatic heterocycles. The molecule has 0 aliphatic heterocycles. The summed E-state index contributed by atoms with van der Waals surface area (Å²) in [4.78, 5) is 73.8. The van der Waals surface area contributed by atoms with Crippen LogP contribution < -0.4 is 21.3 Å². The Hall–Kier alpha value is -3.96. The minimum Gasteiger partial charge on any atom is -0.469 e. The number of hydrogen-bond acceptors (Lipinski definition) is 9. The highest BCUT2D eigenvalue weighted by Gasteiger charge is 2.29. The van der Waals surface area contributed by atoms with Crippen molar-refractivity contribution in [3.8, 4) is 0 Å². The molecule has 1 aromatic carbocycles. The number of carbonyl (C=O) groups is 6. The second-order valence-corrected chi connectivity index (χ2v) is 7.86. The standard InChI is InChI=1S/C24H34N4O8/c1-6-16(23(33)28-19(14(2)29)13-21(31)36-5)26-24(34)18(11-12-20(30)35-4)27-22(32)15-9-7-8-10-17(15)25-3/h7-10,16,18-19,25H,6,11-13H2,1-5H3,(H,26,34)(H,27,32)(H,28,33)/t16-,18-,19-/m0/s1. The van der Waals surface area contributed by atoms with E-state index in [9.17, 15) is 28.8 Å². The van der Waals surface area contributed by atoms with Crippen LogP contribution in [0.1, 0.15) is 49.9 Å². The summed E-state index contributed by atoms with van der Waals surface area (Å²) in [6.07, 6.45) is -0.440. The first-order chi connectivity index (χ1) is 17.1. The average Bonchev–Trinajstić information content (AvgIpc) is 2.87. The number of anilines is 1. The number of hydrogen-bond donors (Lipinski definition) is 4. The van der Waals surface area contributed by atoms with Crippen molar-refractivity contribution >= 4 is 41.1 Å². The van der Waals surface area contributed by atoms with Crippen molar-refractivity contribution in [3.63, 3.8) is 0 Å². The molecule has 0 heterocycles. The number of para-hydroxylation sites is 1. The molecule has 0 fully saturated rings. The van der Waals surface area contributed by atoms with Crippen LogP contribution >= 0.6 is 0 Å². The van der Waals surface area contributed by atoms with E-state index in [0.29, 0.717) is 5.69 Å². The van der Waals surface area contributed by atoms with E-state index in [0.717, 1.165) is 7.11 Å². The van der Waals surface area contributed by atoms with Gasteiger partial charge in [0.25, 0.3) is 5.91 Å². The zero-order valence-electron chi connectivity index (χ0n) is 21.1. The summed E-state index contributed by atoms with van der Waals surface area (Å²) in [5, 5.41) is 10.5. The molecular formula is C24H34N4O8. The molecule has 0 spiro atoms. The maximum Gasteiger partial charge on any atom is 0.308 e. The van der Waals surface area contributed by atoms with Crippen LogP contribution in [0.25, 0.3) is 0 Å². The molecular weight excluding hydrogens is 472 g/mol. The average molecular weight is 507 g/mol. The minimum atomic E-state index is -1.16. The van der Waals surface area contributed by atoms with Crippen molar-refractivity contribution in [2.24, 2.45) is 0 Å². The third-order valence-electron chi connectivity index (χ3n) is 5.37. The normalized spacial score (nSPS) is 12.8. The lowest BCUT2D eigenvalue weighted by molar-refractivity contribution is -0.143. The lowest BCUT2D eigenvalue weighted by Gasteiger charge is -2.24.